The zero-order valence-electron chi connectivity index (χ0n) is 9.58. The van der Waals surface area contributed by atoms with Crippen molar-refractivity contribution in [2.45, 2.75) is 50.4 Å². The van der Waals surface area contributed by atoms with Gasteiger partial charge in [0, 0.05) is 0 Å². The molecule has 0 amide bonds. The molecule has 0 radical (unpaired) electrons. The quantitative estimate of drug-likeness (QED) is 0.691. The monoisotopic (exact) mass is 211 g/mol. The van der Waals surface area contributed by atoms with Crippen LogP contribution in [0.3, 0.4) is 0 Å². The van der Waals surface area contributed by atoms with Gasteiger partial charge in [0.15, 0.2) is 0 Å². The summed E-state index contributed by atoms with van der Waals surface area (Å²) in [4.78, 5) is 0. The molecule has 0 heterocycles. The Bertz CT molecular complexity index is 435. The first-order valence-electron chi connectivity index (χ1n) is 6.41. The van der Waals surface area contributed by atoms with E-state index in [1.807, 2.05) is 0 Å². The Morgan fingerprint density at radius 2 is 1.94 bits per heavy atom. The van der Waals surface area contributed by atoms with Crippen LogP contribution in [0, 0.1) is 11.3 Å². The highest BCUT2D eigenvalue weighted by Gasteiger charge is 2.31. The van der Waals surface area contributed by atoms with Gasteiger partial charge in [-0.3, -0.25) is 0 Å². The van der Waals surface area contributed by atoms with Crippen molar-refractivity contribution in [1.82, 2.24) is 0 Å². The Labute approximate surface area is 97.1 Å². The molecule has 2 aliphatic rings. The van der Waals surface area contributed by atoms with E-state index >= 15 is 0 Å². The molecule has 16 heavy (non-hydrogen) atoms. The lowest BCUT2D eigenvalue weighted by molar-refractivity contribution is 0.438. The summed E-state index contributed by atoms with van der Waals surface area (Å²) < 4.78 is 0. The summed E-state index contributed by atoms with van der Waals surface area (Å²) in [7, 11) is 0. The van der Waals surface area contributed by atoms with Gasteiger partial charge in [0.25, 0.3) is 0 Å². The van der Waals surface area contributed by atoms with Gasteiger partial charge in [-0.2, -0.15) is 5.26 Å². The normalized spacial score (nSPS) is 24.3. The first-order chi connectivity index (χ1) is 7.90. The second kappa shape index (κ2) is 3.94. The molecule has 82 valence electrons. The fourth-order valence-corrected chi connectivity index (χ4v) is 3.31. The third-order valence-corrected chi connectivity index (χ3v) is 4.20. The van der Waals surface area contributed by atoms with Gasteiger partial charge in [-0.1, -0.05) is 37.5 Å². The van der Waals surface area contributed by atoms with Crippen LogP contribution in [0.2, 0.25) is 0 Å². The maximum atomic E-state index is 9.11. The highest BCUT2D eigenvalue weighted by molar-refractivity contribution is 5.50. The van der Waals surface area contributed by atoms with E-state index in [1.165, 1.54) is 48.8 Å². The van der Waals surface area contributed by atoms with Crippen molar-refractivity contribution in [3.63, 3.8) is 0 Å². The molecule has 1 saturated carbocycles. The maximum absolute atomic E-state index is 9.11. The zero-order chi connectivity index (χ0) is 11.0. The van der Waals surface area contributed by atoms with Crippen LogP contribution in [-0.2, 0) is 6.42 Å². The Balaban J connectivity index is 1.95. The van der Waals surface area contributed by atoms with Crippen molar-refractivity contribution in [1.29, 1.82) is 5.26 Å². The van der Waals surface area contributed by atoms with E-state index in [1.54, 1.807) is 0 Å². The van der Waals surface area contributed by atoms with Crippen LogP contribution in [0.4, 0.5) is 0 Å². The number of nitrogens with zero attached hydrogens (tertiary/aromatic N) is 1. The van der Waals surface area contributed by atoms with Crippen molar-refractivity contribution in [2.75, 3.05) is 0 Å². The summed E-state index contributed by atoms with van der Waals surface area (Å²) in [5.41, 5.74) is 4.31. The van der Waals surface area contributed by atoms with Crippen LogP contribution < -0.4 is 0 Å². The van der Waals surface area contributed by atoms with Crippen LogP contribution in [-0.4, -0.2) is 0 Å². The molecule has 1 aromatic rings. The summed E-state index contributed by atoms with van der Waals surface area (Å²) in [5, 5.41) is 9.11. The van der Waals surface area contributed by atoms with Crippen LogP contribution in [0.5, 0.6) is 0 Å². The number of hydrogen-bond acceptors (Lipinski definition) is 1. The lowest BCUT2D eigenvalue weighted by Crippen LogP contribution is -2.20. The Morgan fingerprint density at radius 1 is 1.12 bits per heavy atom. The van der Waals surface area contributed by atoms with E-state index in [9.17, 15) is 0 Å². The van der Waals surface area contributed by atoms with E-state index in [0.717, 1.165) is 12.3 Å². The van der Waals surface area contributed by atoms with Gasteiger partial charge in [0.05, 0.1) is 12.0 Å². The van der Waals surface area contributed by atoms with Crippen LogP contribution >= 0.6 is 0 Å². The fraction of sp³-hybridized carbons (Fsp3) is 0.533. The van der Waals surface area contributed by atoms with E-state index < -0.39 is 0 Å². The highest BCUT2D eigenvalue weighted by Crippen LogP contribution is 2.43. The van der Waals surface area contributed by atoms with E-state index in [0.29, 0.717) is 0 Å². The van der Waals surface area contributed by atoms with E-state index in [4.69, 9.17) is 5.26 Å². The second-order valence-electron chi connectivity index (χ2n) is 5.14. The van der Waals surface area contributed by atoms with Crippen molar-refractivity contribution < 1.29 is 0 Å². The second-order valence-corrected chi connectivity index (χ2v) is 5.14. The number of rotatable bonds is 1. The first-order valence-corrected chi connectivity index (χ1v) is 6.41. The highest BCUT2D eigenvalue weighted by atomic mass is 14.4. The lowest BCUT2D eigenvalue weighted by Gasteiger charge is -2.32. The Kier molecular flexibility index (Phi) is 2.44. The van der Waals surface area contributed by atoms with Crippen molar-refractivity contribution in [3.05, 3.63) is 34.9 Å². The van der Waals surface area contributed by atoms with Gasteiger partial charge in [0.1, 0.15) is 0 Å². The molecule has 1 heteroatoms. The minimum absolute atomic E-state index is 0.188. The molecule has 3 rings (SSSR count). The van der Waals surface area contributed by atoms with Gasteiger partial charge >= 0.3 is 0 Å². The van der Waals surface area contributed by atoms with Gasteiger partial charge < -0.3 is 0 Å². The third kappa shape index (κ3) is 1.45. The molecule has 0 aromatic heterocycles. The first kappa shape index (κ1) is 9.90. The molecule has 1 fully saturated rings. The van der Waals surface area contributed by atoms with Gasteiger partial charge in [-0.25, -0.2) is 0 Å². The number of nitriles is 1. The number of hydrogen-bond donors (Lipinski definition) is 0. The smallest absolute Gasteiger partial charge is 0.0758 e. The average molecular weight is 211 g/mol. The molecular weight excluding hydrogens is 194 g/mol. The molecule has 1 nitrogen and oxygen atoms in total. The largest absolute Gasteiger partial charge is 0.198 e. The van der Waals surface area contributed by atoms with Crippen LogP contribution in [0.25, 0.3) is 0 Å². The summed E-state index contributed by atoms with van der Waals surface area (Å²) >= 11 is 0. The molecule has 0 spiro atoms. The third-order valence-electron chi connectivity index (χ3n) is 4.20. The molecule has 0 saturated heterocycles. The van der Waals surface area contributed by atoms with Crippen molar-refractivity contribution in [2.24, 2.45) is 0 Å². The van der Waals surface area contributed by atoms with Crippen molar-refractivity contribution in [3.8, 4) is 6.07 Å². The maximum Gasteiger partial charge on any atom is 0.0758 e. The molecular formula is C15H17N. The minimum Gasteiger partial charge on any atom is -0.198 e. The molecule has 1 aromatic carbocycles. The SMILES string of the molecule is N#CC1Cc2cccc(C3CCCCC3)c21. The predicted molar refractivity (Wildman–Crippen MR) is 64.3 cm³/mol. The molecule has 1 atom stereocenters. The predicted octanol–water partition coefficient (Wildman–Crippen LogP) is 3.90. The lowest BCUT2D eigenvalue weighted by atomic mass is 9.71. The topological polar surface area (TPSA) is 23.8 Å². The van der Waals surface area contributed by atoms with Crippen LogP contribution in [0.1, 0.15) is 60.6 Å². The standard InChI is InChI=1S/C15H17N/c16-10-13-9-12-7-4-8-14(15(12)13)11-5-2-1-3-6-11/h4,7-8,11,13H,1-3,5-6,9H2. The van der Waals surface area contributed by atoms with Gasteiger partial charge in [0.2, 0.25) is 0 Å². The number of benzene rings is 1. The average Bonchev–Trinajstić information content (AvgIpc) is 2.32. The molecule has 0 N–H and O–H groups in total. The molecule has 0 aliphatic heterocycles. The zero-order valence-corrected chi connectivity index (χ0v) is 9.58. The van der Waals surface area contributed by atoms with Gasteiger partial charge in [-0.15, -0.1) is 0 Å². The number of fused-ring (bicyclic) bond motifs is 1. The summed E-state index contributed by atoms with van der Waals surface area (Å²) in [5.74, 6) is 0.924. The Hall–Kier alpha value is -1.29. The molecule has 2 aliphatic carbocycles. The Morgan fingerprint density at radius 3 is 2.69 bits per heavy atom. The van der Waals surface area contributed by atoms with E-state index in [2.05, 4.69) is 24.3 Å². The van der Waals surface area contributed by atoms with Crippen molar-refractivity contribution >= 4 is 0 Å². The summed E-state index contributed by atoms with van der Waals surface area (Å²) in [6.45, 7) is 0. The minimum atomic E-state index is 0.188. The van der Waals surface area contributed by atoms with Crippen LogP contribution in [0.15, 0.2) is 18.2 Å². The molecule has 0 bridgehead atoms. The summed E-state index contributed by atoms with van der Waals surface area (Å²) in [6, 6.07) is 9.07. The van der Waals surface area contributed by atoms with E-state index in [-0.39, 0.29) is 5.92 Å². The fourth-order valence-electron chi connectivity index (χ4n) is 3.31. The van der Waals surface area contributed by atoms with Gasteiger partial charge in [-0.05, 0) is 41.9 Å². The summed E-state index contributed by atoms with van der Waals surface area (Å²) in [6.07, 6.45) is 7.76. The molecule has 1 unspecified atom stereocenters.